The Bertz CT molecular complexity index is 1410. The minimum Gasteiger partial charge on any atom is -0.493 e. The molecular formula is C26H25N3O7S2. The number of esters is 2. The van der Waals surface area contributed by atoms with Crippen LogP contribution in [0.1, 0.15) is 56.3 Å². The van der Waals surface area contributed by atoms with Crippen molar-refractivity contribution >= 4 is 57.1 Å². The number of hydrogen-bond donors (Lipinski definition) is 2. The molecule has 0 saturated carbocycles. The molecule has 12 heteroatoms. The van der Waals surface area contributed by atoms with Crippen LogP contribution in [0.25, 0.3) is 0 Å². The van der Waals surface area contributed by atoms with Crippen molar-refractivity contribution in [2.45, 2.75) is 33.1 Å². The molecule has 4 rings (SSSR count). The third kappa shape index (κ3) is 5.92. The van der Waals surface area contributed by atoms with E-state index in [-0.39, 0.29) is 12.4 Å². The second kappa shape index (κ2) is 12.0. The van der Waals surface area contributed by atoms with E-state index in [2.05, 4.69) is 15.8 Å². The highest BCUT2D eigenvalue weighted by atomic mass is 32.1. The van der Waals surface area contributed by atoms with Gasteiger partial charge in [0, 0.05) is 10.4 Å². The predicted molar refractivity (Wildman–Crippen MR) is 144 cm³/mol. The number of benzene rings is 1. The van der Waals surface area contributed by atoms with E-state index in [9.17, 15) is 19.2 Å². The monoisotopic (exact) mass is 555 g/mol. The minimum absolute atomic E-state index is 0.203. The van der Waals surface area contributed by atoms with Gasteiger partial charge in [-0.25, -0.2) is 15.0 Å². The van der Waals surface area contributed by atoms with Crippen molar-refractivity contribution in [1.29, 1.82) is 0 Å². The Labute approximate surface area is 226 Å². The molecule has 2 amide bonds. The van der Waals surface area contributed by atoms with Crippen LogP contribution in [-0.2, 0) is 27.2 Å². The van der Waals surface area contributed by atoms with Crippen LogP contribution in [0.3, 0.4) is 0 Å². The molecule has 10 nitrogen and oxygen atoms in total. The summed E-state index contributed by atoms with van der Waals surface area (Å²) in [6, 6.07) is 8.21. The summed E-state index contributed by atoms with van der Waals surface area (Å²) in [5.41, 5.74) is 4.36. The standard InChI is InChI=1S/C26H25N3O7S2/c1-4-35-26(33)21-16-7-5-8-19(16)38-24(21)27-22(30)23(31)29-28-14(2)15-10-11-17(18(13-15)34-3)36-25(32)20-9-6-12-37-20/h6,9-13H,4-5,7-8H2,1-3H3,(H,27,30)(H,29,31)/b28-14+. The first-order valence-electron chi connectivity index (χ1n) is 11.7. The van der Waals surface area contributed by atoms with Gasteiger partial charge in [0.2, 0.25) is 0 Å². The summed E-state index contributed by atoms with van der Waals surface area (Å²) in [6.45, 7) is 3.54. The van der Waals surface area contributed by atoms with E-state index in [1.807, 2.05) is 0 Å². The van der Waals surface area contributed by atoms with Crippen molar-refractivity contribution in [3.8, 4) is 11.5 Å². The molecule has 198 valence electrons. The molecule has 0 unspecified atom stereocenters. The number of hydrogen-bond acceptors (Lipinski definition) is 10. The van der Waals surface area contributed by atoms with Crippen molar-refractivity contribution in [2.75, 3.05) is 19.0 Å². The number of nitrogens with zero attached hydrogens (tertiary/aromatic N) is 1. The number of anilines is 1. The van der Waals surface area contributed by atoms with Crippen LogP contribution in [0.5, 0.6) is 11.5 Å². The maximum atomic E-state index is 12.6. The summed E-state index contributed by atoms with van der Waals surface area (Å²) < 4.78 is 15.9. The van der Waals surface area contributed by atoms with E-state index >= 15 is 0 Å². The van der Waals surface area contributed by atoms with Crippen LogP contribution in [0.2, 0.25) is 0 Å². The smallest absolute Gasteiger partial charge is 0.353 e. The van der Waals surface area contributed by atoms with Crippen LogP contribution >= 0.6 is 22.7 Å². The van der Waals surface area contributed by atoms with Gasteiger partial charge in [-0.1, -0.05) is 6.07 Å². The Balaban J connectivity index is 1.42. The number of carbonyl (C=O) groups is 4. The summed E-state index contributed by atoms with van der Waals surface area (Å²) in [6.07, 6.45) is 2.47. The number of ether oxygens (including phenoxy) is 3. The fourth-order valence-electron chi connectivity index (χ4n) is 3.84. The molecular weight excluding hydrogens is 530 g/mol. The van der Waals surface area contributed by atoms with Gasteiger partial charge >= 0.3 is 23.8 Å². The molecule has 0 bridgehead atoms. The van der Waals surface area contributed by atoms with Gasteiger partial charge in [-0.2, -0.15) is 5.10 Å². The van der Waals surface area contributed by atoms with Crippen LogP contribution in [0.15, 0.2) is 40.8 Å². The van der Waals surface area contributed by atoms with Crippen molar-refractivity contribution < 1.29 is 33.4 Å². The lowest BCUT2D eigenvalue weighted by Crippen LogP contribution is -2.33. The highest BCUT2D eigenvalue weighted by Crippen LogP contribution is 2.39. The molecule has 1 aliphatic carbocycles. The van der Waals surface area contributed by atoms with Gasteiger partial charge in [0.15, 0.2) is 11.5 Å². The third-order valence-electron chi connectivity index (χ3n) is 5.67. The zero-order chi connectivity index (χ0) is 27.2. The van der Waals surface area contributed by atoms with Gasteiger partial charge in [0.1, 0.15) is 9.88 Å². The summed E-state index contributed by atoms with van der Waals surface area (Å²) in [7, 11) is 1.44. The van der Waals surface area contributed by atoms with Crippen molar-refractivity contribution in [1.82, 2.24) is 5.43 Å². The van der Waals surface area contributed by atoms with E-state index in [0.717, 1.165) is 29.7 Å². The molecule has 2 heterocycles. The summed E-state index contributed by atoms with van der Waals surface area (Å²) in [4.78, 5) is 51.2. The molecule has 0 aliphatic heterocycles. The van der Waals surface area contributed by atoms with Crippen LogP contribution < -0.4 is 20.2 Å². The SMILES string of the molecule is CCOC(=O)c1c(NC(=O)C(=O)N/N=C(\C)c2ccc(OC(=O)c3cccs3)c(OC)c2)sc2c1CCC2. The molecule has 38 heavy (non-hydrogen) atoms. The third-order valence-corrected chi connectivity index (χ3v) is 7.72. The molecule has 3 aromatic rings. The van der Waals surface area contributed by atoms with Crippen molar-refractivity contribution in [3.63, 3.8) is 0 Å². The second-order valence-electron chi connectivity index (χ2n) is 8.11. The number of nitrogens with one attached hydrogen (secondary N) is 2. The van der Waals surface area contributed by atoms with Crippen LogP contribution in [0, 0.1) is 0 Å². The fourth-order valence-corrected chi connectivity index (χ4v) is 5.71. The zero-order valence-electron chi connectivity index (χ0n) is 20.9. The van der Waals surface area contributed by atoms with E-state index in [4.69, 9.17) is 14.2 Å². The lowest BCUT2D eigenvalue weighted by Gasteiger charge is -2.11. The first-order valence-corrected chi connectivity index (χ1v) is 13.4. The highest BCUT2D eigenvalue weighted by Gasteiger charge is 2.29. The molecule has 0 fully saturated rings. The number of rotatable bonds is 8. The summed E-state index contributed by atoms with van der Waals surface area (Å²) in [5.74, 6) is -2.46. The molecule has 0 atom stereocenters. The molecule has 0 saturated heterocycles. The Hall–Kier alpha value is -4.03. The van der Waals surface area contributed by atoms with Gasteiger partial charge in [0.25, 0.3) is 0 Å². The predicted octanol–water partition coefficient (Wildman–Crippen LogP) is 4.18. The first-order chi connectivity index (χ1) is 18.3. The lowest BCUT2D eigenvalue weighted by molar-refractivity contribution is -0.136. The number of hydrazone groups is 1. The van der Waals surface area contributed by atoms with E-state index in [1.54, 1.807) is 49.6 Å². The van der Waals surface area contributed by atoms with Crippen molar-refractivity contribution in [2.24, 2.45) is 5.10 Å². The van der Waals surface area contributed by atoms with Gasteiger partial charge in [-0.15, -0.1) is 22.7 Å². The number of methoxy groups -OCH3 is 1. The molecule has 0 spiro atoms. The number of carbonyl (C=O) groups excluding carboxylic acids is 4. The minimum atomic E-state index is -0.999. The van der Waals surface area contributed by atoms with Crippen LogP contribution in [0.4, 0.5) is 5.00 Å². The summed E-state index contributed by atoms with van der Waals surface area (Å²) in [5, 5.41) is 8.61. The van der Waals surface area contributed by atoms with Crippen LogP contribution in [-0.4, -0.2) is 43.2 Å². The lowest BCUT2D eigenvalue weighted by atomic mass is 10.1. The van der Waals surface area contributed by atoms with Crippen molar-refractivity contribution in [3.05, 3.63) is 62.2 Å². The largest absolute Gasteiger partial charge is 0.493 e. The second-order valence-corrected chi connectivity index (χ2v) is 10.2. The number of fused-ring (bicyclic) bond motifs is 1. The number of thiophene rings is 2. The number of aryl methyl sites for hydroxylation is 1. The van der Waals surface area contributed by atoms with Gasteiger partial charge in [-0.3, -0.25) is 9.59 Å². The Morgan fingerprint density at radius 2 is 1.87 bits per heavy atom. The first kappa shape index (κ1) is 27.0. The highest BCUT2D eigenvalue weighted by molar-refractivity contribution is 7.17. The van der Waals surface area contributed by atoms with E-state index in [0.29, 0.717) is 32.5 Å². The van der Waals surface area contributed by atoms with E-state index in [1.165, 1.54) is 29.8 Å². The maximum Gasteiger partial charge on any atom is 0.353 e. The Morgan fingerprint density at radius 3 is 2.58 bits per heavy atom. The Kier molecular flexibility index (Phi) is 8.54. The average Bonchev–Trinajstić information content (AvgIpc) is 3.65. The average molecular weight is 556 g/mol. The Morgan fingerprint density at radius 1 is 1.05 bits per heavy atom. The van der Waals surface area contributed by atoms with Gasteiger partial charge in [-0.05, 0) is 68.3 Å². The number of amides is 2. The molecule has 1 aromatic carbocycles. The molecule has 2 N–H and O–H groups in total. The zero-order valence-corrected chi connectivity index (χ0v) is 22.5. The van der Waals surface area contributed by atoms with Gasteiger partial charge < -0.3 is 19.5 Å². The van der Waals surface area contributed by atoms with E-state index < -0.39 is 23.8 Å². The maximum absolute atomic E-state index is 12.6. The molecule has 0 radical (unpaired) electrons. The molecule has 1 aliphatic rings. The normalized spacial score (nSPS) is 12.4. The quantitative estimate of drug-likeness (QED) is 0.140. The topological polar surface area (TPSA) is 132 Å². The fraction of sp³-hybridized carbons (Fsp3) is 0.269. The summed E-state index contributed by atoms with van der Waals surface area (Å²) >= 11 is 2.54. The molecule has 2 aromatic heterocycles. The van der Waals surface area contributed by atoms with Gasteiger partial charge in [0.05, 0.1) is 25.0 Å².